The predicted molar refractivity (Wildman–Crippen MR) is 36.8 cm³/mol. The Kier molecular flexibility index (Phi) is 4.77. The molecule has 0 aromatic rings. The molecular weight excluding hydrogens is 105 g/mol. The van der Waals surface area contributed by atoms with Crippen molar-refractivity contribution in [3.8, 4) is 0 Å². The van der Waals surface area contributed by atoms with Gasteiger partial charge in [0.25, 0.3) is 0 Å². The summed E-state index contributed by atoms with van der Waals surface area (Å²) in [6, 6.07) is 0. The standard InChI is InChI=1S/C4H10BNS/c1-6(2)3-4-7-5/h3-4H2,1-2H3. The Labute approximate surface area is 50.8 Å². The lowest BCUT2D eigenvalue weighted by Crippen LogP contribution is -2.14. The molecule has 0 aliphatic carbocycles. The zero-order valence-electron chi connectivity index (χ0n) is 4.85. The first-order valence-electron chi connectivity index (χ1n) is 2.24. The van der Waals surface area contributed by atoms with Gasteiger partial charge < -0.3 is 4.90 Å². The van der Waals surface area contributed by atoms with Crippen LogP contribution in [0.25, 0.3) is 0 Å². The third-order valence-electron chi connectivity index (χ3n) is 0.656. The molecule has 0 unspecified atom stereocenters. The summed E-state index contributed by atoms with van der Waals surface area (Å²) >= 11 is 1.39. The summed E-state index contributed by atoms with van der Waals surface area (Å²) in [5.41, 5.74) is 0. The van der Waals surface area contributed by atoms with Crippen molar-refractivity contribution < 1.29 is 0 Å². The van der Waals surface area contributed by atoms with E-state index < -0.39 is 0 Å². The maximum absolute atomic E-state index is 5.17. The van der Waals surface area contributed by atoms with Crippen molar-refractivity contribution in [2.45, 2.75) is 0 Å². The molecule has 0 amide bonds. The van der Waals surface area contributed by atoms with Crippen molar-refractivity contribution in [2.75, 3.05) is 26.4 Å². The van der Waals surface area contributed by atoms with Crippen molar-refractivity contribution in [3.05, 3.63) is 0 Å². The first kappa shape index (κ1) is 7.37. The lowest BCUT2D eigenvalue weighted by Gasteiger charge is -2.05. The summed E-state index contributed by atoms with van der Waals surface area (Å²) in [5, 5.41) is 0. The molecule has 0 spiro atoms. The van der Waals surface area contributed by atoms with Gasteiger partial charge in [-0.2, -0.15) is 0 Å². The van der Waals surface area contributed by atoms with Gasteiger partial charge >= 0.3 is 0 Å². The Morgan fingerprint density at radius 3 is 2.29 bits per heavy atom. The molecule has 40 valence electrons. The Morgan fingerprint density at radius 1 is 1.57 bits per heavy atom. The Bertz CT molecular complexity index is 40.7. The molecule has 7 heavy (non-hydrogen) atoms. The molecule has 0 saturated heterocycles. The Morgan fingerprint density at radius 2 is 2.14 bits per heavy atom. The van der Waals surface area contributed by atoms with E-state index in [4.69, 9.17) is 7.12 Å². The highest BCUT2D eigenvalue weighted by molar-refractivity contribution is 8.19. The van der Waals surface area contributed by atoms with E-state index in [0.29, 0.717) is 0 Å². The van der Waals surface area contributed by atoms with Crippen molar-refractivity contribution in [3.63, 3.8) is 0 Å². The fourth-order valence-electron chi connectivity index (χ4n) is 0.235. The highest BCUT2D eigenvalue weighted by Gasteiger charge is 1.83. The van der Waals surface area contributed by atoms with Crippen LogP contribution in [0.5, 0.6) is 0 Å². The molecule has 2 radical (unpaired) electrons. The van der Waals surface area contributed by atoms with Crippen LogP contribution in [0.15, 0.2) is 0 Å². The number of hydrogen-bond donors (Lipinski definition) is 0. The molecule has 0 bridgehead atoms. The SMILES string of the molecule is [B]SCCN(C)C. The van der Waals surface area contributed by atoms with Crippen LogP contribution in [-0.2, 0) is 0 Å². The van der Waals surface area contributed by atoms with E-state index in [1.807, 2.05) is 14.1 Å². The van der Waals surface area contributed by atoms with Crippen molar-refractivity contribution in [1.29, 1.82) is 0 Å². The quantitative estimate of drug-likeness (QED) is 0.488. The summed E-state index contributed by atoms with van der Waals surface area (Å²) in [6.07, 6.45) is 0. The Balaban J connectivity index is 2.68. The van der Waals surface area contributed by atoms with E-state index >= 15 is 0 Å². The van der Waals surface area contributed by atoms with Gasteiger partial charge in [0.2, 0.25) is 0 Å². The topological polar surface area (TPSA) is 3.24 Å². The van der Waals surface area contributed by atoms with Crippen LogP contribution in [0.4, 0.5) is 0 Å². The first-order valence-corrected chi connectivity index (χ1v) is 3.28. The van der Waals surface area contributed by atoms with Gasteiger partial charge in [0.05, 0.1) is 0 Å². The minimum atomic E-state index is 1.02. The summed E-state index contributed by atoms with van der Waals surface area (Å²) in [7, 11) is 9.24. The van der Waals surface area contributed by atoms with E-state index in [1.54, 1.807) is 0 Å². The highest BCUT2D eigenvalue weighted by atomic mass is 32.2. The second-order valence-electron chi connectivity index (χ2n) is 1.67. The molecule has 0 rings (SSSR count). The van der Waals surface area contributed by atoms with Crippen LogP contribution in [-0.4, -0.2) is 38.4 Å². The van der Waals surface area contributed by atoms with Crippen molar-refractivity contribution in [1.82, 2.24) is 4.90 Å². The van der Waals surface area contributed by atoms with Gasteiger partial charge in [-0.15, -0.1) is 0 Å². The zero-order valence-corrected chi connectivity index (χ0v) is 5.66. The maximum atomic E-state index is 5.17. The van der Waals surface area contributed by atoms with E-state index in [-0.39, 0.29) is 0 Å². The van der Waals surface area contributed by atoms with Crippen LogP contribution in [0.3, 0.4) is 0 Å². The Hall–Kier alpha value is 0.375. The molecule has 0 N–H and O–H groups in total. The molecule has 0 aliphatic rings. The average molecular weight is 115 g/mol. The van der Waals surface area contributed by atoms with Crippen molar-refractivity contribution >= 4 is 18.7 Å². The summed E-state index contributed by atoms with van der Waals surface area (Å²) in [5.74, 6) is 1.02. The molecule has 0 fully saturated rings. The van der Waals surface area contributed by atoms with E-state index in [1.165, 1.54) is 11.6 Å². The maximum Gasteiger partial charge on any atom is 0.161 e. The molecular formula is C4H10BNS. The fourth-order valence-corrected chi connectivity index (χ4v) is 0.706. The number of hydrogen-bond acceptors (Lipinski definition) is 2. The lowest BCUT2D eigenvalue weighted by atomic mass is 10.7. The minimum absolute atomic E-state index is 1.02. The summed E-state index contributed by atoms with van der Waals surface area (Å²) < 4.78 is 0. The van der Waals surface area contributed by atoms with Gasteiger partial charge in [0, 0.05) is 6.54 Å². The molecule has 0 atom stereocenters. The van der Waals surface area contributed by atoms with Gasteiger partial charge in [0.15, 0.2) is 7.12 Å². The second-order valence-corrected chi connectivity index (χ2v) is 2.42. The van der Waals surface area contributed by atoms with Crippen LogP contribution < -0.4 is 0 Å². The van der Waals surface area contributed by atoms with E-state index in [0.717, 1.165) is 12.3 Å². The number of rotatable bonds is 3. The van der Waals surface area contributed by atoms with Gasteiger partial charge in [-0.3, -0.25) is 0 Å². The molecule has 0 aromatic carbocycles. The third kappa shape index (κ3) is 6.37. The van der Waals surface area contributed by atoms with Gasteiger partial charge in [-0.1, -0.05) is 0 Å². The van der Waals surface area contributed by atoms with Gasteiger partial charge in [-0.05, 0) is 19.8 Å². The monoisotopic (exact) mass is 115 g/mol. The largest absolute Gasteiger partial charge is 0.309 e. The van der Waals surface area contributed by atoms with Crippen molar-refractivity contribution in [2.24, 2.45) is 0 Å². The summed E-state index contributed by atoms with van der Waals surface area (Å²) in [6.45, 7) is 1.07. The van der Waals surface area contributed by atoms with E-state index in [9.17, 15) is 0 Å². The molecule has 0 saturated carbocycles. The molecule has 0 aliphatic heterocycles. The molecule has 0 aromatic heterocycles. The lowest BCUT2D eigenvalue weighted by molar-refractivity contribution is 0.438. The predicted octanol–water partition coefficient (Wildman–Crippen LogP) is 0.365. The summed E-state index contributed by atoms with van der Waals surface area (Å²) in [4.78, 5) is 2.11. The van der Waals surface area contributed by atoms with Gasteiger partial charge in [0.1, 0.15) is 0 Å². The molecule has 0 heterocycles. The van der Waals surface area contributed by atoms with Crippen LogP contribution in [0.2, 0.25) is 0 Å². The molecule has 3 heteroatoms. The second kappa shape index (κ2) is 4.53. The van der Waals surface area contributed by atoms with Crippen LogP contribution in [0, 0.1) is 0 Å². The van der Waals surface area contributed by atoms with E-state index in [2.05, 4.69) is 4.90 Å². The van der Waals surface area contributed by atoms with Crippen LogP contribution >= 0.6 is 11.6 Å². The highest BCUT2D eigenvalue weighted by Crippen LogP contribution is 1.87. The normalized spacial score (nSPS) is 10.1. The fraction of sp³-hybridized carbons (Fsp3) is 1.00. The third-order valence-corrected chi connectivity index (χ3v) is 1.07. The average Bonchev–Trinajstić information content (AvgIpc) is 1.61. The molecule has 1 nitrogen and oxygen atoms in total. The minimum Gasteiger partial charge on any atom is -0.309 e. The number of nitrogens with zero attached hydrogens (tertiary/aromatic N) is 1. The van der Waals surface area contributed by atoms with Crippen LogP contribution in [0.1, 0.15) is 0 Å². The zero-order chi connectivity index (χ0) is 5.70. The van der Waals surface area contributed by atoms with Gasteiger partial charge in [-0.25, -0.2) is 11.6 Å². The first-order chi connectivity index (χ1) is 3.27. The smallest absolute Gasteiger partial charge is 0.161 e.